The fourth-order valence-corrected chi connectivity index (χ4v) is 3.50. The highest BCUT2D eigenvalue weighted by Crippen LogP contribution is 2.20. The highest BCUT2D eigenvalue weighted by Gasteiger charge is 2.33. The van der Waals surface area contributed by atoms with Gasteiger partial charge in [-0.25, -0.2) is 8.42 Å². The van der Waals surface area contributed by atoms with E-state index in [0.717, 1.165) is 6.42 Å². The number of β-amino-alcohol motifs (C(OH)–C–C–N with tert-alkyl or cyclic N) is 1. The molecule has 5 heteroatoms. The van der Waals surface area contributed by atoms with Gasteiger partial charge < -0.3 is 5.11 Å². The van der Waals surface area contributed by atoms with Crippen molar-refractivity contribution >= 4 is 10.0 Å². The molecule has 0 aromatic carbocycles. The molecule has 0 amide bonds. The summed E-state index contributed by atoms with van der Waals surface area (Å²) in [6.07, 6.45) is 2.18. The summed E-state index contributed by atoms with van der Waals surface area (Å²) in [5.74, 6) is 0.231. The second-order valence-corrected chi connectivity index (χ2v) is 6.34. The summed E-state index contributed by atoms with van der Waals surface area (Å²) in [7, 11) is -3.07. The van der Waals surface area contributed by atoms with Crippen molar-refractivity contribution in [2.45, 2.75) is 38.7 Å². The first-order valence-corrected chi connectivity index (χ1v) is 6.68. The molecule has 84 valence electrons. The maximum Gasteiger partial charge on any atom is 0.214 e. The van der Waals surface area contributed by atoms with Gasteiger partial charge in [-0.05, 0) is 19.8 Å². The minimum atomic E-state index is -3.07. The maximum absolute atomic E-state index is 11.5. The topological polar surface area (TPSA) is 57.6 Å². The average molecular weight is 221 g/mol. The van der Waals surface area contributed by atoms with Crippen LogP contribution in [0.3, 0.4) is 0 Å². The lowest BCUT2D eigenvalue weighted by Crippen LogP contribution is -2.41. The van der Waals surface area contributed by atoms with Gasteiger partial charge >= 0.3 is 0 Å². The summed E-state index contributed by atoms with van der Waals surface area (Å²) in [5, 5.41) is 9.90. The predicted molar refractivity (Wildman–Crippen MR) is 55.5 cm³/mol. The van der Waals surface area contributed by atoms with Crippen molar-refractivity contribution < 1.29 is 13.5 Å². The van der Waals surface area contributed by atoms with Gasteiger partial charge in [0.05, 0.1) is 11.4 Å². The fraction of sp³-hybridized carbons (Fsp3) is 1.00. The summed E-state index contributed by atoms with van der Waals surface area (Å²) in [5.41, 5.74) is -0.883. The molecule has 4 nitrogen and oxygen atoms in total. The molecule has 14 heavy (non-hydrogen) atoms. The zero-order chi connectivity index (χ0) is 10.8. The normalized spacial score (nSPS) is 26.2. The first-order valence-electron chi connectivity index (χ1n) is 5.07. The predicted octanol–water partition coefficient (Wildman–Crippen LogP) is 0.573. The number of aliphatic hydroxyl groups is 1. The third-order valence-electron chi connectivity index (χ3n) is 2.51. The Balaban J connectivity index is 2.60. The second-order valence-electron chi connectivity index (χ2n) is 4.25. The molecule has 1 fully saturated rings. The van der Waals surface area contributed by atoms with Crippen molar-refractivity contribution in [1.29, 1.82) is 0 Å². The van der Waals surface area contributed by atoms with Crippen LogP contribution >= 0.6 is 0 Å². The Bertz CT molecular complexity index is 284. The van der Waals surface area contributed by atoms with Gasteiger partial charge in [-0.2, -0.15) is 4.31 Å². The van der Waals surface area contributed by atoms with E-state index in [0.29, 0.717) is 19.4 Å². The van der Waals surface area contributed by atoms with E-state index in [9.17, 15) is 13.5 Å². The molecule has 0 spiro atoms. The molecule has 1 aliphatic rings. The Kier molecular flexibility index (Phi) is 3.55. The molecular weight excluding hydrogens is 202 g/mol. The van der Waals surface area contributed by atoms with E-state index in [4.69, 9.17) is 0 Å². The highest BCUT2D eigenvalue weighted by atomic mass is 32.2. The zero-order valence-corrected chi connectivity index (χ0v) is 9.68. The van der Waals surface area contributed by atoms with Gasteiger partial charge in [0.15, 0.2) is 0 Å². The monoisotopic (exact) mass is 221 g/mol. The van der Waals surface area contributed by atoms with Gasteiger partial charge in [-0.3, -0.25) is 0 Å². The molecule has 1 heterocycles. The van der Waals surface area contributed by atoms with Crippen molar-refractivity contribution in [3.8, 4) is 0 Å². The van der Waals surface area contributed by atoms with Gasteiger partial charge in [0.2, 0.25) is 10.0 Å². The van der Waals surface area contributed by atoms with Gasteiger partial charge in [-0.1, -0.05) is 13.3 Å². The molecule has 0 aromatic heterocycles. The number of hydrogen-bond acceptors (Lipinski definition) is 3. The lowest BCUT2D eigenvalue weighted by molar-refractivity contribution is 0.0331. The number of hydrogen-bond donors (Lipinski definition) is 1. The quantitative estimate of drug-likeness (QED) is 0.755. The summed E-state index contributed by atoms with van der Waals surface area (Å²) >= 11 is 0. The molecule has 1 N–H and O–H groups in total. The zero-order valence-electron chi connectivity index (χ0n) is 8.86. The standard InChI is InChI=1S/C9H19NO3S/c1-3-5-9(2,11)8-10-6-4-7-14(10,12)13/h11H,3-8H2,1-2H3. The van der Waals surface area contributed by atoms with Crippen molar-refractivity contribution in [2.75, 3.05) is 18.8 Å². The van der Waals surface area contributed by atoms with Crippen LogP contribution in [-0.2, 0) is 10.0 Å². The van der Waals surface area contributed by atoms with Crippen LogP contribution in [0.4, 0.5) is 0 Å². The van der Waals surface area contributed by atoms with E-state index in [1.807, 2.05) is 6.92 Å². The molecule has 1 atom stereocenters. The van der Waals surface area contributed by atoms with Crippen LogP contribution < -0.4 is 0 Å². The number of nitrogens with zero attached hydrogens (tertiary/aromatic N) is 1. The minimum absolute atomic E-state index is 0.231. The van der Waals surface area contributed by atoms with E-state index in [-0.39, 0.29) is 12.3 Å². The summed E-state index contributed by atoms with van der Waals surface area (Å²) in [6, 6.07) is 0. The Morgan fingerprint density at radius 3 is 2.57 bits per heavy atom. The van der Waals surface area contributed by atoms with Crippen LogP contribution in [0.15, 0.2) is 0 Å². The molecule has 0 radical (unpaired) electrons. The SMILES string of the molecule is CCCC(C)(O)CN1CCCS1(=O)=O. The fourth-order valence-electron chi connectivity index (χ4n) is 1.87. The molecular formula is C9H19NO3S. The molecule has 1 rings (SSSR count). The molecule has 0 aliphatic carbocycles. The summed E-state index contributed by atoms with van der Waals surface area (Å²) in [6.45, 7) is 4.47. The van der Waals surface area contributed by atoms with E-state index in [1.54, 1.807) is 6.92 Å². The van der Waals surface area contributed by atoms with Crippen molar-refractivity contribution in [3.05, 3.63) is 0 Å². The van der Waals surface area contributed by atoms with Crippen LogP contribution in [0.2, 0.25) is 0 Å². The van der Waals surface area contributed by atoms with Crippen LogP contribution in [-0.4, -0.2) is 42.3 Å². The lowest BCUT2D eigenvalue weighted by Gasteiger charge is -2.27. The van der Waals surface area contributed by atoms with E-state index < -0.39 is 15.6 Å². The Labute approximate surface area is 86.0 Å². The van der Waals surface area contributed by atoms with E-state index in [2.05, 4.69) is 0 Å². The molecule has 1 aliphatic heterocycles. The minimum Gasteiger partial charge on any atom is -0.389 e. The van der Waals surface area contributed by atoms with E-state index in [1.165, 1.54) is 4.31 Å². The number of rotatable bonds is 4. The van der Waals surface area contributed by atoms with Gasteiger partial charge in [0, 0.05) is 13.1 Å². The van der Waals surface area contributed by atoms with Gasteiger partial charge in [-0.15, -0.1) is 0 Å². The van der Waals surface area contributed by atoms with Gasteiger partial charge in [0.1, 0.15) is 0 Å². The smallest absolute Gasteiger partial charge is 0.214 e. The average Bonchev–Trinajstić information content (AvgIpc) is 2.29. The van der Waals surface area contributed by atoms with E-state index >= 15 is 0 Å². The third kappa shape index (κ3) is 2.93. The maximum atomic E-state index is 11.5. The van der Waals surface area contributed by atoms with Gasteiger partial charge in [0.25, 0.3) is 0 Å². The summed E-state index contributed by atoms with van der Waals surface area (Å²) in [4.78, 5) is 0. The molecule has 0 bridgehead atoms. The Morgan fingerprint density at radius 2 is 2.14 bits per heavy atom. The first-order chi connectivity index (χ1) is 6.37. The third-order valence-corrected chi connectivity index (χ3v) is 4.41. The lowest BCUT2D eigenvalue weighted by atomic mass is 10.0. The van der Waals surface area contributed by atoms with Crippen LogP contribution in [0, 0.1) is 0 Å². The van der Waals surface area contributed by atoms with Crippen molar-refractivity contribution in [3.63, 3.8) is 0 Å². The Morgan fingerprint density at radius 1 is 1.50 bits per heavy atom. The largest absolute Gasteiger partial charge is 0.389 e. The molecule has 0 aromatic rings. The number of sulfonamides is 1. The van der Waals surface area contributed by atoms with Crippen LogP contribution in [0.1, 0.15) is 33.1 Å². The first kappa shape index (κ1) is 11.9. The second kappa shape index (κ2) is 4.16. The van der Waals surface area contributed by atoms with Crippen molar-refractivity contribution in [2.24, 2.45) is 0 Å². The van der Waals surface area contributed by atoms with Crippen LogP contribution in [0.5, 0.6) is 0 Å². The van der Waals surface area contributed by atoms with Crippen molar-refractivity contribution in [1.82, 2.24) is 4.31 Å². The summed E-state index contributed by atoms with van der Waals surface area (Å²) < 4.78 is 24.3. The molecule has 0 saturated carbocycles. The molecule has 1 unspecified atom stereocenters. The molecule has 1 saturated heterocycles. The van der Waals surface area contributed by atoms with Crippen LogP contribution in [0.25, 0.3) is 0 Å². The Hall–Kier alpha value is -0.130. The highest BCUT2D eigenvalue weighted by molar-refractivity contribution is 7.89.